The minimum absolute atomic E-state index is 0.0435. The van der Waals surface area contributed by atoms with Gasteiger partial charge in [0.25, 0.3) is 0 Å². The third-order valence-electron chi connectivity index (χ3n) is 3.51. The van der Waals surface area contributed by atoms with Gasteiger partial charge in [-0.1, -0.05) is 13.8 Å². The van der Waals surface area contributed by atoms with E-state index in [1.54, 1.807) is 4.68 Å². The van der Waals surface area contributed by atoms with Crippen molar-refractivity contribution in [2.75, 3.05) is 5.32 Å². The van der Waals surface area contributed by atoms with Crippen molar-refractivity contribution in [3.05, 3.63) is 28.4 Å². The molecule has 2 aromatic heterocycles. The Hall–Kier alpha value is -1.69. The molecule has 0 saturated carbocycles. The molecule has 6 heteroatoms. The molecule has 1 unspecified atom stereocenters. The van der Waals surface area contributed by atoms with E-state index in [0.29, 0.717) is 12.3 Å². The van der Waals surface area contributed by atoms with E-state index in [0.717, 1.165) is 22.6 Å². The van der Waals surface area contributed by atoms with Gasteiger partial charge in [0.1, 0.15) is 5.82 Å². The first kappa shape index (κ1) is 12.3. The highest BCUT2D eigenvalue weighted by Gasteiger charge is 2.33. The molecule has 1 aliphatic rings. The second-order valence-electron chi connectivity index (χ2n) is 5.19. The average molecular weight is 276 g/mol. The number of carbonyl (C=O) groups excluding carboxylic acids is 1. The molecular weight excluding hydrogens is 260 g/mol. The van der Waals surface area contributed by atoms with Crippen LogP contribution in [0.1, 0.15) is 48.9 Å². The molecule has 0 aromatic carbocycles. The zero-order chi connectivity index (χ0) is 13.6. The number of amides is 1. The highest BCUT2D eigenvalue weighted by Crippen LogP contribution is 2.41. The van der Waals surface area contributed by atoms with Gasteiger partial charge in [-0.05, 0) is 23.0 Å². The van der Waals surface area contributed by atoms with Crippen LogP contribution in [0.3, 0.4) is 0 Å². The molecule has 2 aromatic rings. The Kier molecular flexibility index (Phi) is 2.89. The average Bonchev–Trinajstić information content (AvgIpc) is 2.97. The highest BCUT2D eigenvalue weighted by atomic mass is 32.1. The fourth-order valence-electron chi connectivity index (χ4n) is 2.62. The minimum atomic E-state index is 0.0435. The van der Waals surface area contributed by atoms with E-state index in [-0.39, 0.29) is 11.8 Å². The van der Waals surface area contributed by atoms with Gasteiger partial charge in [-0.3, -0.25) is 9.48 Å². The lowest BCUT2D eigenvalue weighted by molar-refractivity contribution is -0.116. The fraction of sp³-hybridized carbons (Fsp3) is 0.462. The predicted octanol–water partition coefficient (Wildman–Crippen LogP) is 2.47. The highest BCUT2D eigenvalue weighted by molar-refractivity contribution is 7.03. The largest absolute Gasteiger partial charge is 0.311 e. The summed E-state index contributed by atoms with van der Waals surface area (Å²) in [7, 11) is 1.87. The quantitative estimate of drug-likeness (QED) is 0.916. The molecule has 0 bridgehead atoms. The SMILES string of the molecule is CC(C)c1nn(C)c2c1C(c1cnsc1)CC(=O)N2. The third kappa shape index (κ3) is 1.96. The van der Waals surface area contributed by atoms with Crippen LogP contribution in [0.5, 0.6) is 0 Å². The van der Waals surface area contributed by atoms with Crippen molar-refractivity contribution < 1.29 is 4.79 Å². The molecule has 3 heterocycles. The topological polar surface area (TPSA) is 59.8 Å². The van der Waals surface area contributed by atoms with Gasteiger partial charge in [0.05, 0.1) is 5.69 Å². The van der Waals surface area contributed by atoms with E-state index < -0.39 is 0 Å². The van der Waals surface area contributed by atoms with Crippen molar-refractivity contribution in [2.24, 2.45) is 7.05 Å². The number of hydrogen-bond acceptors (Lipinski definition) is 4. The molecule has 3 rings (SSSR count). The van der Waals surface area contributed by atoms with Gasteiger partial charge in [-0.2, -0.15) is 5.10 Å². The maximum absolute atomic E-state index is 11.9. The summed E-state index contributed by atoms with van der Waals surface area (Å²) in [6, 6.07) is 0. The summed E-state index contributed by atoms with van der Waals surface area (Å²) in [4.78, 5) is 11.9. The van der Waals surface area contributed by atoms with Gasteiger partial charge < -0.3 is 5.32 Å². The Morgan fingerprint density at radius 1 is 1.53 bits per heavy atom. The Balaban J connectivity index is 2.18. The van der Waals surface area contributed by atoms with Crippen LogP contribution in [0, 0.1) is 0 Å². The summed E-state index contributed by atoms with van der Waals surface area (Å²) in [5.74, 6) is 1.28. The molecular formula is C13H16N4OS. The lowest BCUT2D eigenvalue weighted by atomic mass is 9.85. The lowest BCUT2D eigenvalue weighted by Crippen LogP contribution is -2.24. The molecule has 5 nitrogen and oxygen atoms in total. The summed E-state index contributed by atoms with van der Waals surface area (Å²) >= 11 is 1.42. The molecule has 19 heavy (non-hydrogen) atoms. The van der Waals surface area contributed by atoms with Crippen LogP contribution < -0.4 is 5.32 Å². The number of aromatic nitrogens is 3. The minimum Gasteiger partial charge on any atom is -0.311 e. The molecule has 0 aliphatic carbocycles. The van der Waals surface area contributed by atoms with E-state index in [4.69, 9.17) is 0 Å². The van der Waals surface area contributed by atoms with Gasteiger partial charge in [-0.25, -0.2) is 4.37 Å². The van der Waals surface area contributed by atoms with Gasteiger partial charge in [0.2, 0.25) is 5.91 Å². The summed E-state index contributed by atoms with van der Waals surface area (Å²) in [5.41, 5.74) is 3.32. The number of carbonyl (C=O) groups is 1. The van der Waals surface area contributed by atoms with Crippen molar-refractivity contribution in [1.29, 1.82) is 0 Å². The van der Waals surface area contributed by atoms with E-state index in [1.165, 1.54) is 11.5 Å². The van der Waals surface area contributed by atoms with Crippen LogP contribution in [-0.4, -0.2) is 20.1 Å². The van der Waals surface area contributed by atoms with E-state index in [2.05, 4.69) is 28.6 Å². The molecule has 0 saturated heterocycles. The fourth-order valence-corrected chi connectivity index (χ4v) is 3.21. The summed E-state index contributed by atoms with van der Waals surface area (Å²) < 4.78 is 5.93. The molecule has 0 fully saturated rings. The summed E-state index contributed by atoms with van der Waals surface area (Å²) in [5, 5.41) is 9.53. The monoisotopic (exact) mass is 276 g/mol. The number of nitrogens with one attached hydrogen (secondary N) is 1. The van der Waals surface area contributed by atoms with Gasteiger partial charge in [0, 0.05) is 36.5 Å². The Morgan fingerprint density at radius 2 is 2.32 bits per heavy atom. The normalized spacial score (nSPS) is 18.5. The summed E-state index contributed by atoms with van der Waals surface area (Å²) in [6.45, 7) is 4.25. The molecule has 1 atom stereocenters. The number of nitrogens with zero attached hydrogens (tertiary/aromatic N) is 3. The van der Waals surface area contributed by atoms with Crippen molar-refractivity contribution in [2.45, 2.75) is 32.1 Å². The Morgan fingerprint density at radius 3 is 2.95 bits per heavy atom. The first-order chi connectivity index (χ1) is 9.08. The molecule has 100 valence electrons. The van der Waals surface area contributed by atoms with Crippen molar-refractivity contribution in [1.82, 2.24) is 14.2 Å². The van der Waals surface area contributed by atoms with E-state index in [1.807, 2.05) is 18.6 Å². The van der Waals surface area contributed by atoms with Gasteiger partial charge in [0.15, 0.2) is 0 Å². The van der Waals surface area contributed by atoms with E-state index >= 15 is 0 Å². The molecule has 0 spiro atoms. The maximum Gasteiger partial charge on any atom is 0.226 e. The van der Waals surface area contributed by atoms with Crippen LogP contribution in [-0.2, 0) is 11.8 Å². The zero-order valence-corrected chi connectivity index (χ0v) is 12.0. The van der Waals surface area contributed by atoms with Crippen LogP contribution in [0.15, 0.2) is 11.6 Å². The van der Waals surface area contributed by atoms with Gasteiger partial charge in [-0.15, -0.1) is 0 Å². The second kappa shape index (κ2) is 4.45. The maximum atomic E-state index is 11.9. The molecule has 1 aliphatic heterocycles. The Bertz CT molecular complexity index is 615. The number of anilines is 1. The molecule has 1 amide bonds. The standard InChI is InChI=1S/C13H16N4OS/c1-7(2)12-11-9(8-5-14-19-6-8)4-10(18)15-13(11)17(3)16-12/h5-7,9H,4H2,1-3H3,(H,15,18). The summed E-state index contributed by atoms with van der Waals surface area (Å²) in [6.07, 6.45) is 2.33. The van der Waals surface area contributed by atoms with Crippen molar-refractivity contribution in [3.8, 4) is 0 Å². The van der Waals surface area contributed by atoms with Crippen molar-refractivity contribution >= 4 is 23.3 Å². The van der Waals surface area contributed by atoms with Crippen molar-refractivity contribution in [3.63, 3.8) is 0 Å². The van der Waals surface area contributed by atoms with Crippen LogP contribution in [0.4, 0.5) is 5.82 Å². The van der Waals surface area contributed by atoms with E-state index in [9.17, 15) is 4.79 Å². The smallest absolute Gasteiger partial charge is 0.226 e. The zero-order valence-electron chi connectivity index (χ0n) is 11.2. The number of fused-ring (bicyclic) bond motifs is 1. The van der Waals surface area contributed by atoms with Crippen LogP contribution in [0.2, 0.25) is 0 Å². The number of rotatable bonds is 2. The number of hydrogen-bond donors (Lipinski definition) is 1. The molecule has 1 N–H and O–H groups in total. The van der Waals surface area contributed by atoms with Crippen LogP contribution in [0.25, 0.3) is 0 Å². The Labute approximate surface area is 115 Å². The third-order valence-corrected chi connectivity index (χ3v) is 4.11. The molecule has 0 radical (unpaired) electrons. The first-order valence-corrected chi connectivity index (χ1v) is 7.17. The van der Waals surface area contributed by atoms with Gasteiger partial charge >= 0.3 is 0 Å². The number of aryl methyl sites for hydroxylation is 1. The predicted molar refractivity (Wildman–Crippen MR) is 74.5 cm³/mol. The van der Waals surface area contributed by atoms with Crippen LogP contribution >= 0.6 is 11.5 Å². The lowest BCUT2D eigenvalue weighted by Gasteiger charge is -2.23. The second-order valence-corrected chi connectivity index (χ2v) is 5.85. The first-order valence-electron chi connectivity index (χ1n) is 6.33.